The summed E-state index contributed by atoms with van der Waals surface area (Å²) >= 11 is 0. The normalized spacial score (nSPS) is 14.8. The third-order valence-corrected chi connectivity index (χ3v) is 3.24. The third kappa shape index (κ3) is 2.16. The highest BCUT2D eigenvalue weighted by Crippen LogP contribution is 2.28. The minimum absolute atomic E-state index is 0.470. The SMILES string of the molecule is CCC(N)(COC)c1cncc2ccccc12. The van der Waals surface area contributed by atoms with Crippen LogP contribution >= 0.6 is 0 Å². The van der Waals surface area contributed by atoms with Crippen LogP contribution in [0.3, 0.4) is 0 Å². The summed E-state index contributed by atoms with van der Waals surface area (Å²) in [6, 6.07) is 8.16. The first-order valence-corrected chi connectivity index (χ1v) is 5.82. The summed E-state index contributed by atoms with van der Waals surface area (Å²) in [6.45, 7) is 2.57. The summed E-state index contributed by atoms with van der Waals surface area (Å²) in [6.07, 6.45) is 4.53. The van der Waals surface area contributed by atoms with E-state index in [1.165, 1.54) is 0 Å². The molecule has 1 atom stereocenters. The largest absolute Gasteiger partial charge is 0.382 e. The Morgan fingerprint density at radius 1 is 1.29 bits per heavy atom. The molecule has 0 aliphatic carbocycles. The van der Waals surface area contributed by atoms with Gasteiger partial charge in [-0.05, 0) is 11.8 Å². The minimum atomic E-state index is -0.470. The van der Waals surface area contributed by atoms with Gasteiger partial charge in [0.2, 0.25) is 0 Å². The molecule has 1 heterocycles. The van der Waals surface area contributed by atoms with E-state index in [1.54, 1.807) is 7.11 Å². The lowest BCUT2D eigenvalue weighted by Crippen LogP contribution is -2.40. The number of rotatable bonds is 4. The Morgan fingerprint density at radius 3 is 2.76 bits per heavy atom. The Kier molecular flexibility index (Phi) is 3.41. The second-order valence-corrected chi connectivity index (χ2v) is 4.35. The van der Waals surface area contributed by atoms with Gasteiger partial charge in [0.1, 0.15) is 0 Å². The lowest BCUT2D eigenvalue weighted by molar-refractivity contribution is 0.130. The molecule has 3 heteroatoms. The number of benzene rings is 1. The molecule has 0 fully saturated rings. The van der Waals surface area contributed by atoms with Gasteiger partial charge in [0, 0.05) is 30.5 Å². The van der Waals surface area contributed by atoms with Crippen molar-refractivity contribution in [2.45, 2.75) is 18.9 Å². The maximum absolute atomic E-state index is 6.43. The zero-order valence-electron chi connectivity index (χ0n) is 10.3. The highest BCUT2D eigenvalue weighted by atomic mass is 16.5. The number of aromatic nitrogens is 1. The van der Waals surface area contributed by atoms with E-state index in [2.05, 4.69) is 24.0 Å². The molecule has 2 N–H and O–H groups in total. The zero-order valence-corrected chi connectivity index (χ0v) is 10.3. The van der Waals surface area contributed by atoms with Crippen molar-refractivity contribution in [2.75, 3.05) is 13.7 Å². The van der Waals surface area contributed by atoms with E-state index < -0.39 is 5.54 Å². The van der Waals surface area contributed by atoms with Gasteiger partial charge >= 0.3 is 0 Å². The summed E-state index contributed by atoms with van der Waals surface area (Å²) in [7, 11) is 1.68. The number of nitrogens with two attached hydrogens (primary N) is 1. The van der Waals surface area contributed by atoms with E-state index in [0.717, 1.165) is 22.8 Å². The standard InChI is InChI=1S/C14H18N2O/c1-3-14(15,10-17-2)13-9-16-8-11-6-4-5-7-12(11)13/h4-9H,3,10,15H2,1-2H3. The Balaban J connectivity index is 2.61. The van der Waals surface area contributed by atoms with Gasteiger partial charge in [-0.2, -0.15) is 0 Å². The number of nitrogens with zero attached hydrogens (tertiary/aromatic N) is 1. The topological polar surface area (TPSA) is 48.1 Å². The van der Waals surface area contributed by atoms with Crippen LogP contribution in [0.5, 0.6) is 0 Å². The monoisotopic (exact) mass is 230 g/mol. The number of ether oxygens (including phenoxy) is 1. The van der Waals surface area contributed by atoms with Gasteiger partial charge in [-0.15, -0.1) is 0 Å². The Hall–Kier alpha value is -1.45. The maximum Gasteiger partial charge on any atom is 0.0685 e. The lowest BCUT2D eigenvalue weighted by Gasteiger charge is -2.28. The highest BCUT2D eigenvalue weighted by Gasteiger charge is 2.27. The fraction of sp³-hybridized carbons (Fsp3) is 0.357. The second-order valence-electron chi connectivity index (χ2n) is 4.35. The van der Waals surface area contributed by atoms with Gasteiger partial charge in [0.05, 0.1) is 12.1 Å². The molecule has 1 aromatic heterocycles. The molecular formula is C14H18N2O. The Labute approximate surface area is 102 Å². The van der Waals surface area contributed by atoms with Crippen molar-refractivity contribution in [3.8, 4) is 0 Å². The fourth-order valence-electron chi connectivity index (χ4n) is 2.14. The zero-order chi connectivity index (χ0) is 12.3. The molecular weight excluding hydrogens is 212 g/mol. The molecule has 0 aliphatic rings. The molecule has 0 spiro atoms. The first-order valence-electron chi connectivity index (χ1n) is 5.82. The molecule has 2 aromatic rings. The van der Waals surface area contributed by atoms with Crippen molar-refractivity contribution >= 4 is 10.8 Å². The number of fused-ring (bicyclic) bond motifs is 1. The maximum atomic E-state index is 6.43. The summed E-state index contributed by atoms with van der Waals surface area (Å²) in [5, 5.41) is 2.27. The van der Waals surface area contributed by atoms with Crippen LogP contribution in [0.15, 0.2) is 36.7 Å². The molecule has 1 unspecified atom stereocenters. The molecule has 0 saturated carbocycles. The van der Waals surface area contributed by atoms with Crippen LogP contribution in [0.4, 0.5) is 0 Å². The fourth-order valence-corrected chi connectivity index (χ4v) is 2.14. The van der Waals surface area contributed by atoms with Crippen LogP contribution in [0, 0.1) is 0 Å². The van der Waals surface area contributed by atoms with E-state index in [1.807, 2.05) is 24.5 Å². The van der Waals surface area contributed by atoms with Crippen molar-refractivity contribution < 1.29 is 4.74 Å². The van der Waals surface area contributed by atoms with Gasteiger partial charge < -0.3 is 10.5 Å². The number of pyridine rings is 1. The van der Waals surface area contributed by atoms with Crippen LogP contribution in [0.1, 0.15) is 18.9 Å². The van der Waals surface area contributed by atoms with E-state index in [4.69, 9.17) is 10.5 Å². The van der Waals surface area contributed by atoms with Crippen molar-refractivity contribution in [1.29, 1.82) is 0 Å². The van der Waals surface area contributed by atoms with E-state index in [-0.39, 0.29) is 0 Å². The number of hydrogen-bond donors (Lipinski definition) is 1. The van der Waals surface area contributed by atoms with Crippen molar-refractivity contribution in [3.63, 3.8) is 0 Å². The van der Waals surface area contributed by atoms with Gasteiger partial charge in [-0.25, -0.2) is 0 Å². The molecule has 2 rings (SSSR count). The lowest BCUT2D eigenvalue weighted by atomic mass is 9.87. The summed E-state index contributed by atoms with van der Waals surface area (Å²) in [5.41, 5.74) is 7.02. The third-order valence-electron chi connectivity index (χ3n) is 3.24. The molecule has 0 bridgehead atoms. The highest BCUT2D eigenvalue weighted by molar-refractivity contribution is 5.85. The van der Waals surface area contributed by atoms with Crippen molar-refractivity contribution in [3.05, 3.63) is 42.2 Å². The van der Waals surface area contributed by atoms with Crippen LogP contribution in [0.2, 0.25) is 0 Å². The average Bonchev–Trinajstić information content (AvgIpc) is 2.38. The van der Waals surface area contributed by atoms with Crippen molar-refractivity contribution in [2.24, 2.45) is 5.73 Å². The molecule has 0 aliphatic heterocycles. The van der Waals surface area contributed by atoms with Crippen molar-refractivity contribution in [1.82, 2.24) is 4.98 Å². The predicted octanol–water partition coefficient (Wildman–Crippen LogP) is 2.45. The molecule has 0 amide bonds. The van der Waals surface area contributed by atoms with Crippen LogP contribution in [-0.2, 0) is 10.3 Å². The molecule has 90 valence electrons. The van der Waals surface area contributed by atoms with Crippen LogP contribution < -0.4 is 5.73 Å². The first kappa shape index (κ1) is 12.0. The Morgan fingerprint density at radius 2 is 2.06 bits per heavy atom. The van der Waals surface area contributed by atoms with E-state index in [9.17, 15) is 0 Å². The van der Waals surface area contributed by atoms with Gasteiger partial charge in [-0.3, -0.25) is 4.98 Å². The van der Waals surface area contributed by atoms with E-state index in [0.29, 0.717) is 6.61 Å². The molecule has 0 saturated heterocycles. The van der Waals surface area contributed by atoms with Crippen LogP contribution in [0.25, 0.3) is 10.8 Å². The molecule has 17 heavy (non-hydrogen) atoms. The first-order chi connectivity index (χ1) is 8.21. The van der Waals surface area contributed by atoms with Crippen LogP contribution in [-0.4, -0.2) is 18.7 Å². The number of methoxy groups -OCH3 is 1. The second kappa shape index (κ2) is 4.82. The average molecular weight is 230 g/mol. The molecule has 1 aromatic carbocycles. The summed E-state index contributed by atoms with van der Waals surface area (Å²) in [4.78, 5) is 4.27. The van der Waals surface area contributed by atoms with Gasteiger partial charge in [0.25, 0.3) is 0 Å². The summed E-state index contributed by atoms with van der Waals surface area (Å²) < 4.78 is 5.25. The quantitative estimate of drug-likeness (QED) is 0.877. The van der Waals surface area contributed by atoms with E-state index >= 15 is 0 Å². The minimum Gasteiger partial charge on any atom is -0.382 e. The number of hydrogen-bond acceptors (Lipinski definition) is 3. The Bertz CT molecular complexity index is 507. The molecule has 3 nitrogen and oxygen atoms in total. The predicted molar refractivity (Wildman–Crippen MR) is 69.8 cm³/mol. The van der Waals surface area contributed by atoms with Gasteiger partial charge in [0.15, 0.2) is 0 Å². The summed E-state index contributed by atoms with van der Waals surface area (Å²) in [5.74, 6) is 0. The smallest absolute Gasteiger partial charge is 0.0685 e. The molecule has 0 radical (unpaired) electrons. The van der Waals surface area contributed by atoms with Gasteiger partial charge in [-0.1, -0.05) is 31.2 Å².